The smallest absolute Gasteiger partial charge is 0.124 e. The Labute approximate surface area is 108 Å². The van der Waals surface area contributed by atoms with Crippen molar-refractivity contribution in [3.05, 3.63) is 23.8 Å². The van der Waals surface area contributed by atoms with E-state index in [2.05, 4.69) is 12.2 Å². The fraction of sp³-hybridized carbons (Fsp3) is 0.571. The fourth-order valence-electron chi connectivity index (χ4n) is 2.26. The zero-order valence-corrected chi connectivity index (χ0v) is 11.0. The molecule has 2 N–H and O–H groups in total. The molecule has 1 heterocycles. The Hall–Kier alpha value is -1.26. The standard InChI is InChI=1S/C14H21NO3/c1-3-10(9-16)15-13-6-7-18-14-5-4-11(17-2)8-12(13)14/h4-5,8,10,13,15-16H,3,6-7,9H2,1-2H3. The van der Waals surface area contributed by atoms with Gasteiger partial charge in [-0.1, -0.05) is 6.92 Å². The molecule has 1 aromatic carbocycles. The van der Waals surface area contributed by atoms with Crippen LogP contribution in [0.25, 0.3) is 0 Å². The van der Waals surface area contributed by atoms with Gasteiger partial charge in [0.25, 0.3) is 0 Å². The number of ether oxygens (including phenoxy) is 2. The van der Waals surface area contributed by atoms with E-state index in [0.717, 1.165) is 29.9 Å². The third-order valence-electron chi connectivity index (χ3n) is 3.41. The second-order valence-corrected chi connectivity index (χ2v) is 4.55. The summed E-state index contributed by atoms with van der Waals surface area (Å²) in [6.07, 6.45) is 1.82. The molecular formula is C14H21NO3. The van der Waals surface area contributed by atoms with Gasteiger partial charge in [-0.15, -0.1) is 0 Å². The van der Waals surface area contributed by atoms with Gasteiger partial charge < -0.3 is 19.9 Å². The highest BCUT2D eigenvalue weighted by Crippen LogP contribution is 2.35. The maximum Gasteiger partial charge on any atom is 0.124 e. The van der Waals surface area contributed by atoms with Gasteiger partial charge in [-0.25, -0.2) is 0 Å². The quantitative estimate of drug-likeness (QED) is 0.839. The fourth-order valence-corrected chi connectivity index (χ4v) is 2.26. The predicted octanol–water partition coefficient (Wildman–Crippen LogP) is 1.88. The Bertz CT molecular complexity index is 391. The Balaban J connectivity index is 2.20. The second kappa shape index (κ2) is 6.07. The van der Waals surface area contributed by atoms with E-state index in [1.165, 1.54) is 0 Å². The molecule has 0 bridgehead atoms. The van der Waals surface area contributed by atoms with E-state index in [0.29, 0.717) is 6.61 Å². The number of benzene rings is 1. The highest BCUT2D eigenvalue weighted by molar-refractivity contribution is 5.43. The molecule has 2 atom stereocenters. The Morgan fingerprint density at radius 1 is 1.56 bits per heavy atom. The average molecular weight is 251 g/mol. The van der Waals surface area contributed by atoms with Gasteiger partial charge in [-0.3, -0.25) is 0 Å². The summed E-state index contributed by atoms with van der Waals surface area (Å²) in [5.41, 5.74) is 1.12. The normalized spacial score (nSPS) is 19.8. The molecule has 0 saturated heterocycles. The van der Waals surface area contributed by atoms with E-state index in [-0.39, 0.29) is 18.7 Å². The van der Waals surface area contributed by atoms with Crippen LogP contribution >= 0.6 is 0 Å². The molecule has 18 heavy (non-hydrogen) atoms. The first-order valence-corrected chi connectivity index (χ1v) is 6.46. The highest BCUT2D eigenvalue weighted by Gasteiger charge is 2.23. The molecule has 0 saturated carbocycles. The van der Waals surface area contributed by atoms with Crippen LogP contribution in [0.3, 0.4) is 0 Å². The SMILES string of the molecule is CCC(CO)NC1CCOc2ccc(OC)cc21. The highest BCUT2D eigenvalue weighted by atomic mass is 16.5. The topological polar surface area (TPSA) is 50.7 Å². The number of hydrogen-bond donors (Lipinski definition) is 2. The van der Waals surface area contributed by atoms with Gasteiger partial charge in [-0.05, 0) is 24.6 Å². The third-order valence-corrected chi connectivity index (χ3v) is 3.41. The van der Waals surface area contributed by atoms with Crippen LogP contribution < -0.4 is 14.8 Å². The Morgan fingerprint density at radius 3 is 3.06 bits per heavy atom. The van der Waals surface area contributed by atoms with Gasteiger partial charge in [0.15, 0.2) is 0 Å². The van der Waals surface area contributed by atoms with Gasteiger partial charge >= 0.3 is 0 Å². The molecule has 1 aliphatic heterocycles. The Morgan fingerprint density at radius 2 is 2.39 bits per heavy atom. The summed E-state index contributed by atoms with van der Waals surface area (Å²) in [6, 6.07) is 6.22. The molecule has 4 nitrogen and oxygen atoms in total. The lowest BCUT2D eigenvalue weighted by atomic mass is 9.99. The van der Waals surface area contributed by atoms with E-state index < -0.39 is 0 Å². The van der Waals surface area contributed by atoms with E-state index in [1.54, 1.807) is 7.11 Å². The van der Waals surface area contributed by atoms with Crippen molar-refractivity contribution in [3.8, 4) is 11.5 Å². The van der Waals surface area contributed by atoms with Crippen molar-refractivity contribution in [2.45, 2.75) is 31.8 Å². The van der Waals surface area contributed by atoms with Gasteiger partial charge in [0.1, 0.15) is 11.5 Å². The lowest BCUT2D eigenvalue weighted by Crippen LogP contribution is -2.37. The van der Waals surface area contributed by atoms with Gasteiger partial charge in [0, 0.05) is 24.1 Å². The van der Waals surface area contributed by atoms with Crippen LogP contribution in [0.4, 0.5) is 0 Å². The molecule has 0 radical (unpaired) electrons. The van der Waals surface area contributed by atoms with Crippen LogP contribution in [0.15, 0.2) is 18.2 Å². The summed E-state index contributed by atoms with van der Waals surface area (Å²) in [4.78, 5) is 0. The number of aliphatic hydroxyl groups is 1. The summed E-state index contributed by atoms with van der Waals surface area (Å²) in [6.45, 7) is 2.94. The Kier molecular flexibility index (Phi) is 4.44. The minimum Gasteiger partial charge on any atom is -0.497 e. The number of fused-ring (bicyclic) bond motifs is 1. The van der Waals surface area contributed by atoms with Crippen molar-refractivity contribution in [1.29, 1.82) is 0 Å². The van der Waals surface area contributed by atoms with Crippen LogP contribution in [0.5, 0.6) is 11.5 Å². The molecule has 0 aromatic heterocycles. The molecule has 2 rings (SSSR count). The van der Waals surface area contributed by atoms with Crippen molar-refractivity contribution in [3.63, 3.8) is 0 Å². The van der Waals surface area contributed by atoms with Gasteiger partial charge in [0.05, 0.1) is 20.3 Å². The average Bonchev–Trinajstić information content (AvgIpc) is 2.44. The molecule has 0 amide bonds. The zero-order valence-electron chi connectivity index (χ0n) is 11.0. The van der Waals surface area contributed by atoms with Crippen molar-refractivity contribution < 1.29 is 14.6 Å². The largest absolute Gasteiger partial charge is 0.497 e. The molecule has 0 spiro atoms. The van der Waals surface area contributed by atoms with Crippen LogP contribution in [-0.2, 0) is 0 Å². The minimum atomic E-state index is 0.132. The van der Waals surface area contributed by atoms with Crippen molar-refractivity contribution >= 4 is 0 Å². The lowest BCUT2D eigenvalue weighted by Gasteiger charge is -2.30. The number of hydrogen-bond acceptors (Lipinski definition) is 4. The monoisotopic (exact) mass is 251 g/mol. The first-order valence-electron chi connectivity index (χ1n) is 6.46. The molecule has 0 aliphatic carbocycles. The zero-order chi connectivity index (χ0) is 13.0. The van der Waals surface area contributed by atoms with Crippen LogP contribution in [0, 0.1) is 0 Å². The van der Waals surface area contributed by atoms with Crippen molar-refractivity contribution in [2.24, 2.45) is 0 Å². The predicted molar refractivity (Wildman–Crippen MR) is 70.1 cm³/mol. The number of methoxy groups -OCH3 is 1. The molecule has 100 valence electrons. The van der Waals surface area contributed by atoms with Gasteiger partial charge in [-0.2, -0.15) is 0 Å². The summed E-state index contributed by atoms with van der Waals surface area (Å²) >= 11 is 0. The summed E-state index contributed by atoms with van der Waals surface area (Å²) < 4.78 is 10.9. The van der Waals surface area contributed by atoms with E-state index in [1.807, 2.05) is 18.2 Å². The number of rotatable bonds is 5. The molecule has 1 aromatic rings. The molecule has 1 aliphatic rings. The lowest BCUT2D eigenvalue weighted by molar-refractivity contribution is 0.200. The first-order chi connectivity index (χ1) is 8.78. The summed E-state index contributed by atoms with van der Waals surface area (Å²) in [5, 5.41) is 12.8. The first kappa shape index (κ1) is 13.2. The van der Waals surface area contributed by atoms with Crippen molar-refractivity contribution in [2.75, 3.05) is 20.3 Å². The summed E-state index contributed by atoms with van der Waals surface area (Å²) in [5.74, 6) is 1.75. The van der Waals surface area contributed by atoms with Gasteiger partial charge in [0.2, 0.25) is 0 Å². The van der Waals surface area contributed by atoms with Crippen LogP contribution in [0.1, 0.15) is 31.4 Å². The molecule has 0 fully saturated rings. The molecule has 4 heteroatoms. The van der Waals surface area contributed by atoms with Crippen LogP contribution in [0.2, 0.25) is 0 Å². The van der Waals surface area contributed by atoms with E-state index in [4.69, 9.17) is 9.47 Å². The van der Waals surface area contributed by atoms with E-state index >= 15 is 0 Å². The number of aliphatic hydroxyl groups excluding tert-OH is 1. The maximum absolute atomic E-state index is 9.29. The third kappa shape index (κ3) is 2.76. The molecule has 2 unspecified atom stereocenters. The van der Waals surface area contributed by atoms with Crippen molar-refractivity contribution in [1.82, 2.24) is 5.32 Å². The second-order valence-electron chi connectivity index (χ2n) is 4.55. The summed E-state index contributed by atoms with van der Waals surface area (Å²) in [7, 11) is 1.66. The minimum absolute atomic E-state index is 0.132. The van der Waals surface area contributed by atoms with E-state index in [9.17, 15) is 5.11 Å². The number of nitrogens with one attached hydrogen (secondary N) is 1. The maximum atomic E-state index is 9.29. The molecular weight excluding hydrogens is 230 g/mol. The van der Waals surface area contributed by atoms with Crippen LogP contribution in [-0.4, -0.2) is 31.5 Å².